The van der Waals surface area contributed by atoms with Crippen molar-refractivity contribution in [3.05, 3.63) is 29.3 Å². The van der Waals surface area contributed by atoms with Gasteiger partial charge in [-0.05, 0) is 37.3 Å². The molecule has 0 radical (unpaired) electrons. The number of aldehydes is 1. The maximum absolute atomic E-state index is 13.0. The lowest BCUT2D eigenvalue weighted by Gasteiger charge is -2.32. The Morgan fingerprint density at radius 3 is 2.68 bits per heavy atom. The molecule has 144 valence electrons. The molecular formula is C19H21BN4O4. The average Bonchev–Trinajstić information content (AvgIpc) is 2.72. The van der Waals surface area contributed by atoms with Gasteiger partial charge >= 0.3 is 0 Å². The number of piperidine rings is 1. The van der Waals surface area contributed by atoms with Gasteiger partial charge in [0.05, 0.1) is 5.56 Å². The maximum Gasteiger partial charge on any atom is 0.271 e. The van der Waals surface area contributed by atoms with Gasteiger partial charge in [-0.25, -0.2) is 5.26 Å². The normalized spacial score (nSPS) is 19.6. The van der Waals surface area contributed by atoms with E-state index in [-0.39, 0.29) is 36.6 Å². The Kier molecular flexibility index (Phi) is 5.78. The fraction of sp³-hybridized carbons (Fsp3) is 0.421. The first-order valence-electron chi connectivity index (χ1n) is 9.29. The van der Waals surface area contributed by atoms with E-state index < -0.39 is 17.9 Å². The minimum atomic E-state index is -0.750. The van der Waals surface area contributed by atoms with E-state index in [1.807, 2.05) is 0 Å². The summed E-state index contributed by atoms with van der Waals surface area (Å²) in [4.78, 5) is 51.3. The van der Waals surface area contributed by atoms with Crippen LogP contribution in [0.25, 0.3) is 0 Å². The summed E-state index contributed by atoms with van der Waals surface area (Å²) in [5.41, 5.74) is 1.28. The number of carbonyl (C=O) groups is 4. The van der Waals surface area contributed by atoms with E-state index >= 15 is 0 Å². The van der Waals surface area contributed by atoms with Gasteiger partial charge in [0.25, 0.3) is 12.6 Å². The van der Waals surface area contributed by atoms with E-state index in [4.69, 9.17) is 5.26 Å². The fourth-order valence-electron chi connectivity index (χ4n) is 3.68. The number of likely N-dealkylation sites (N-methyl/N-ethyl adjacent to an activating group) is 1. The molecule has 0 aromatic heterocycles. The number of nitriles is 1. The minimum absolute atomic E-state index is 0.0465. The fourth-order valence-corrected chi connectivity index (χ4v) is 3.68. The number of hydrogen-bond acceptors (Lipinski definition) is 6. The molecule has 1 aromatic carbocycles. The number of nitrogens with one attached hydrogen (secondary N) is 1. The zero-order chi connectivity index (χ0) is 20.3. The SMILES string of the molecule is CN(C(=O)c1cc(N2CCB(C#N)CC2)ccc1C=O)C1CCC(=O)NC1=O. The molecule has 1 unspecified atom stereocenters. The molecule has 0 bridgehead atoms. The monoisotopic (exact) mass is 380 g/mol. The third kappa shape index (κ3) is 3.91. The van der Waals surface area contributed by atoms with Crippen LogP contribution in [0, 0.1) is 11.2 Å². The van der Waals surface area contributed by atoms with Gasteiger partial charge in [0.2, 0.25) is 11.8 Å². The van der Waals surface area contributed by atoms with Crippen LogP contribution in [0.5, 0.6) is 0 Å². The average molecular weight is 380 g/mol. The molecule has 2 aliphatic heterocycles. The number of rotatable bonds is 4. The molecule has 2 aliphatic rings. The smallest absolute Gasteiger partial charge is 0.271 e. The summed E-state index contributed by atoms with van der Waals surface area (Å²) in [5.74, 6) is 0.993. The predicted molar refractivity (Wildman–Crippen MR) is 103 cm³/mol. The summed E-state index contributed by atoms with van der Waals surface area (Å²) in [6.07, 6.45) is 2.56. The lowest BCUT2D eigenvalue weighted by molar-refractivity contribution is -0.136. The highest BCUT2D eigenvalue weighted by Crippen LogP contribution is 2.25. The highest BCUT2D eigenvalue weighted by molar-refractivity contribution is 6.67. The van der Waals surface area contributed by atoms with Crippen LogP contribution >= 0.6 is 0 Å². The molecule has 1 atom stereocenters. The van der Waals surface area contributed by atoms with Crippen molar-refractivity contribution in [2.45, 2.75) is 31.5 Å². The van der Waals surface area contributed by atoms with Gasteiger partial charge in [-0.1, -0.05) is 0 Å². The minimum Gasteiger partial charge on any atom is -0.373 e. The standard InChI is InChI=1S/C19H21BN4O4/c1-23(16-4-5-17(26)22-18(16)27)19(28)15-10-14(3-2-13(15)11-25)24-8-6-20(12-21)7-9-24/h2-3,10-11,16H,4-9H2,1H3,(H,22,26,27). The molecule has 2 heterocycles. The molecular weight excluding hydrogens is 359 g/mol. The number of anilines is 1. The third-order valence-corrected chi connectivity index (χ3v) is 5.43. The Balaban J connectivity index is 1.82. The number of benzene rings is 1. The summed E-state index contributed by atoms with van der Waals surface area (Å²) in [5, 5.41) is 11.3. The van der Waals surface area contributed by atoms with Gasteiger partial charge < -0.3 is 9.80 Å². The van der Waals surface area contributed by atoms with Crippen LogP contribution in [-0.2, 0) is 9.59 Å². The van der Waals surface area contributed by atoms with Gasteiger partial charge in [0, 0.05) is 43.8 Å². The quantitative estimate of drug-likeness (QED) is 0.469. The molecule has 0 spiro atoms. The lowest BCUT2D eigenvalue weighted by atomic mass is 9.45. The van der Waals surface area contributed by atoms with E-state index in [2.05, 4.69) is 16.2 Å². The highest BCUT2D eigenvalue weighted by atomic mass is 16.2. The van der Waals surface area contributed by atoms with Crippen molar-refractivity contribution < 1.29 is 19.2 Å². The van der Waals surface area contributed by atoms with Crippen LogP contribution in [-0.4, -0.2) is 61.8 Å². The topological polar surface area (TPSA) is 111 Å². The molecule has 9 heteroatoms. The Labute approximate surface area is 163 Å². The second-order valence-electron chi connectivity index (χ2n) is 7.16. The molecule has 28 heavy (non-hydrogen) atoms. The molecule has 3 amide bonds. The van der Waals surface area contributed by atoms with Crippen LogP contribution < -0.4 is 10.2 Å². The summed E-state index contributed by atoms with van der Waals surface area (Å²) >= 11 is 0. The van der Waals surface area contributed by atoms with Crippen molar-refractivity contribution in [3.63, 3.8) is 0 Å². The number of amides is 3. The first-order chi connectivity index (χ1) is 13.4. The van der Waals surface area contributed by atoms with Crippen LogP contribution in [0.2, 0.25) is 12.6 Å². The zero-order valence-corrected chi connectivity index (χ0v) is 15.7. The van der Waals surface area contributed by atoms with Crippen LogP contribution in [0.15, 0.2) is 18.2 Å². The number of hydrogen-bond donors (Lipinski definition) is 1. The Hall–Kier alpha value is -3.15. The van der Waals surface area contributed by atoms with E-state index in [1.165, 1.54) is 11.9 Å². The second-order valence-corrected chi connectivity index (χ2v) is 7.16. The van der Waals surface area contributed by atoms with Gasteiger partial charge in [0.1, 0.15) is 6.04 Å². The molecule has 0 aliphatic carbocycles. The summed E-state index contributed by atoms with van der Waals surface area (Å²) in [6, 6.07) is 4.31. The second kappa shape index (κ2) is 8.25. The van der Waals surface area contributed by atoms with Gasteiger partial charge in [-0.15, -0.1) is 0 Å². The van der Waals surface area contributed by atoms with Crippen molar-refractivity contribution in [2.24, 2.45) is 0 Å². The lowest BCUT2D eigenvalue weighted by Crippen LogP contribution is -2.53. The van der Waals surface area contributed by atoms with Crippen molar-refractivity contribution in [3.8, 4) is 5.97 Å². The van der Waals surface area contributed by atoms with Gasteiger partial charge in [-0.3, -0.25) is 24.5 Å². The third-order valence-electron chi connectivity index (χ3n) is 5.43. The van der Waals surface area contributed by atoms with Gasteiger partial charge in [-0.2, -0.15) is 0 Å². The molecule has 2 saturated heterocycles. The Morgan fingerprint density at radius 2 is 2.07 bits per heavy atom. The molecule has 0 saturated carbocycles. The number of carbonyl (C=O) groups excluding carboxylic acids is 4. The van der Waals surface area contributed by atoms with Crippen molar-refractivity contribution in [1.82, 2.24) is 10.2 Å². The zero-order valence-electron chi connectivity index (χ0n) is 15.7. The Morgan fingerprint density at radius 1 is 1.36 bits per heavy atom. The van der Waals surface area contributed by atoms with E-state index in [1.54, 1.807) is 18.2 Å². The Bertz CT molecular complexity index is 858. The summed E-state index contributed by atoms with van der Waals surface area (Å²) in [7, 11) is 1.50. The number of imide groups is 1. The first-order valence-corrected chi connectivity index (χ1v) is 9.29. The first kappa shape index (κ1) is 19.6. The van der Waals surface area contributed by atoms with Crippen molar-refractivity contribution in [2.75, 3.05) is 25.0 Å². The molecule has 2 fully saturated rings. The summed E-state index contributed by atoms with van der Waals surface area (Å²) < 4.78 is 0. The van der Waals surface area contributed by atoms with E-state index in [0.29, 0.717) is 19.4 Å². The molecule has 1 aromatic rings. The van der Waals surface area contributed by atoms with Crippen LogP contribution in [0.4, 0.5) is 5.69 Å². The molecule has 3 rings (SSSR count). The van der Waals surface area contributed by atoms with Crippen molar-refractivity contribution >= 4 is 36.4 Å². The van der Waals surface area contributed by atoms with E-state index in [9.17, 15) is 19.2 Å². The van der Waals surface area contributed by atoms with E-state index in [0.717, 1.165) is 18.3 Å². The maximum atomic E-state index is 13.0. The van der Waals surface area contributed by atoms with Crippen molar-refractivity contribution in [1.29, 1.82) is 5.26 Å². The van der Waals surface area contributed by atoms with Crippen LogP contribution in [0.1, 0.15) is 33.6 Å². The molecule has 1 N–H and O–H groups in total. The van der Waals surface area contributed by atoms with Gasteiger partial charge in [0.15, 0.2) is 6.29 Å². The largest absolute Gasteiger partial charge is 0.373 e. The number of nitrogens with zero attached hydrogens (tertiary/aromatic N) is 3. The predicted octanol–water partition coefficient (Wildman–Crippen LogP) is 0.754. The molecule has 8 nitrogen and oxygen atoms in total. The summed E-state index contributed by atoms with van der Waals surface area (Å²) in [6.45, 7) is 1.45. The van der Waals surface area contributed by atoms with Crippen LogP contribution in [0.3, 0.4) is 0 Å². The highest BCUT2D eigenvalue weighted by Gasteiger charge is 2.33.